The van der Waals surface area contributed by atoms with Crippen molar-refractivity contribution in [2.45, 2.75) is 32.9 Å². The number of carbonyl (C=O) groups is 3. The maximum absolute atomic E-state index is 12.3. The highest BCUT2D eigenvalue weighted by Crippen LogP contribution is 2.35. The number of nitrogens with one attached hydrogen (secondary N) is 2. The second-order valence-electron chi connectivity index (χ2n) is 6.00. The second kappa shape index (κ2) is 7.73. The number of phenols is 2. The van der Waals surface area contributed by atoms with E-state index in [4.69, 9.17) is 4.74 Å². The molecule has 0 saturated carbocycles. The van der Waals surface area contributed by atoms with Crippen LogP contribution in [0.3, 0.4) is 0 Å². The summed E-state index contributed by atoms with van der Waals surface area (Å²) >= 11 is 0. The smallest absolute Gasteiger partial charge is 0.342 e. The predicted octanol–water partition coefficient (Wildman–Crippen LogP) is 2.03. The van der Waals surface area contributed by atoms with Crippen LogP contribution in [0.25, 0.3) is 10.8 Å². The van der Waals surface area contributed by atoms with Crippen LogP contribution in [0.1, 0.15) is 31.1 Å². The number of rotatable bonds is 4. The number of benzene rings is 2. The van der Waals surface area contributed by atoms with Crippen molar-refractivity contribution in [3.05, 3.63) is 35.9 Å². The van der Waals surface area contributed by atoms with Crippen molar-refractivity contribution < 1.29 is 29.3 Å². The van der Waals surface area contributed by atoms with Crippen LogP contribution in [0, 0.1) is 0 Å². The van der Waals surface area contributed by atoms with Gasteiger partial charge in [0.25, 0.3) is 5.91 Å². The topological polar surface area (TPSA) is 125 Å². The quantitative estimate of drug-likeness (QED) is 0.488. The minimum absolute atomic E-state index is 0.168. The molecule has 0 radical (unpaired) electrons. The van der Waals surface area contributed by atoms with E-state index in [9.17, 15) is 24.6 Å². The highest BCUT2D eigenvalue weighted by atomic mass is 16.5. The number of aromatic hydroxyl groups is 2. The van der Waals surface area contributed by atoms with Crippen molar-refractivity contribution in [2.75, 3.05) is 0 Å². The molecule has 8 nitrogen and oxygen atoms in total. The summed E-state index contributed by atoms with van der Waals surface area (Å²) in [5.74, 6) is -2.40. The maximum atomic E-state index is 12.3. The highest BCUT2D eigenvalue weighted by Gasteiger charge is 2.24. The minimum atomic E-state index is -1.28. The van der Waals surface area contributed by atoms with Gasteiger partial charge in [0, 0.05) is 16.8 Å². The van der Waals surface area contributed by atoms with E-state index < -0.39 is 24.0 Å². The summed E-state index contributed by atoms with van der Waals surface area (Å²) in [7, 11) is 0. The normalized spacial score (nSPS) is 11.8. The van der Waals surface area contributed by atoms with Gasteiger partial charge < -0.3 is 20.3 Å². The summed E-state index contributed by atoms with van der Waals surface area (Å²) in [4.78, 5) is 35.7. The molecule has 8 heteroatoms. The van der Waals surface area contributed by atoms with E-state index in [0.717, 1.165) is 6.07 Å². The molecule has 2 rings (SSSR count). The van der Waals surface area contributed by atoms with Crippen LogP contribution < -0.4 is 10.6 Å². The van der Waals surface area contributed by atoms with Gasteiger partial charge >= 0.3 is 12.0 Å². The molecule has 2 aromatic rings. The molecule has 2 aromatic carbocycles. The average molecular weight is 360 g/mol. The van der Waals surface area contributed by atoms with Crippen molar-refractivity contribution in [3.8, 4) is 11.5 Å². The summed E-state index contributed by atoms with van der Waals surface area (Å²) in [6, 6.07) is 6.62. The number of urea groups is 1. The number of ether oxygens (including phenoxy) is 1. The Labute approximate surface area is 149 Å². The Bertz CT molecular complexity index is 862. The van der Waals surface area contributed by atoms with Crippen molar-refractivity contribution in [1.82, 2.24) is 10.6 Å². The van der Waals surface area contributed by atoms with Crippen LogP contribution >= 0.6 is 0 Å². The maximum Gasteiger partial charge on any atom is 0.342 e. The molecule has 0 bridgehead atoms. The minimum Gasteiger partial charge on any atom is -0.507 e. The molecular weight excluding hydrogens is 340 g/mol. The van der Waals surface area contributed by atoms with Crippen LogP contribution in [0.2, 0.25) is 0 Å². The first-order valence-corrected chi connectivity index (χ1v) is 7.96. The van der Waals surface area contributed by atoms with E-state index in [2.05, 4.69) is 5.32 Å². The monoisotopic (exact) mass is 360 g/mol. The number of hydrogen-bond acceptors (Lipinski definition) is 6. The fourth-order valence-electron chi connectivity index (χ4n) is 2.29. The Kier molecular flexibility index (Phi) is 5.66. The number of amides is 3. The van der Waals surface area contributed by atoms with E-state index in [0.29, 0.717) is 5.39 Å². The Morgan fingerprint density at radius 2 is 1.65 bits per heavy atom. The number of phenolic OH excluding ortho intramolecular Hbond substituents is 2. The number of imide groups is 1. The van der Waals surface area contributed by atoms with Crippen LogP contribution in [0.4, 0.5) is 4.79 Å². The van der Waals surface area contributed by atoms with Gasteiger partial charge in [-0.3, -0.25) is 10.1 Å². The third-order valence-electron chi connectivity index (χ3n) is 3.52. The van der Waals surface area contributed by atoms with Gasteiger partial charge in [-0.25, -0.2) is 9.59 Å². The van der Waals surface area contributed by atoms with Gasteiger partial charge in [0.05, 0.1) is 0 Å². The molecule has 0 unspecified atom stereocenters. The molecule has 0 spiro atoms. The van der Waals surface area contributed by atoms with Gasteiger partial charge in [-0.05, 0) is 26.8 Å². The van der Waals surface area contributed by atoms with Gasteiger partial charge in [0.15, 0.2) is 6.10 Å². The van der Waals surface area contributed by atoms with Crippen molar-refractivity contribution >= 4 is 28.7 Å². The molecule has 138 valence electrons. The number of carbonyl (C=O) groups excluding carboxylic acids is 3. The van der Waals surface area contributed by atoms with Gasteiger partial charge in [0.2, 0.25) is 0 Å². The molecule has 0 aliphatic rings. The SMILES string of the molecule is CC(C)NC(=O)NC(=O)[C@H](C)OC(=O)c1cc(O)c2ccccc2c1O. The summed E-state index contributed by atoms with van der Waals surface area (Å²) in [5, 5.41) is 25.4. The van der Waals surface area contributed by atoms with Gasteiger partial charge in [-0.2, -0.15) is 0 Å². The molecule has 0 aliphatic carbocycles. The molecule has 3 amide bonds. The lowest BCUT2D eigenvalue weighted by atomic mass is 10.0. The molecule has 1 atom stereocenters. The molecule has 0 aliphatic heterocycles. The zero-order chi connectivity index (χ0) is 19.4. The van der Waals surface area contributed by atoms with Gasteiger partial charge in [-0.1, -0.05) is 24.3 Å². The molecule has 4 N–H and O–H groups in total. The fraction of sp³-hybridized carbons (Fsp3) is 0.278. The molecule has 0 saturated heterocycles. The van der Waals surface area contributed by atoms with E-state index in [-0.39, 0.29) is 28.5 Å². The Morgan fingerprint density at radius 1 is 1.04 bits per heavy atom. The zero-order valence-electron chi connectivity index (χ0n) is 14.6. The third-order valence-corrected chi connectivity index (χ3v) is 3.52. The zero-order valence-corrected chi connectivity index (χ0v) is 14.6. The summed E-state index contributed by atoms with van der Waals surface area (Å²) < 4.78 is 4.99. The third kappa shape index (κ3) is 4.21. The Hall–Kier alpha value is -3.29. The first-order chi connectivity index (χ1) is 12.2. The number of hydrogen-bond donors (Lipinski definition) is 4. The first kappa shape index (κ1) is 19.0. The lowest BCUT2D eigenvalue weighted by molar-refractivity contribution is -0.127. The van der Waals surface area contributed by atoms with Crippen LogP contribution in [0.15, 0.2) is 30.3 Å². The summed E-state index contributed by atoms with van der Waals surface area (Å²) in [5.41, 5.74) is -0.285. The van der Waals surface area contributed by atoms with Gasteiger partial charge in [0.1, 0.15) is 17.1 Å². The number of esters is 1. The highest BCUT2D eigenvalue weighted by molar-refractivity contribution is 6.04. The molecule has 26 heavy (non-hydrogen) atoms. The van der Waals surface area contributed by atoms with Crippen LogP contribution in [-0.2, 0) is 9.53 Å². The average Bonchev–Trinajstić information content (AvgIpc) is 2.57. The van der Waals surface area contributed by atoms with E-state index in [1.54, 1.807) is 32.0 Å². The lowest BCUT2D eigenvalue weighted by Gasteiger charge is -2.15. The second-order valence-corrected chi connectivity index (χ2v) is 6.00. The van der Waals surface area contributed by atoms with E-state index in [1.165, 1.54) is 13.0 Å². The molecule has 0 aromatic heterocycles. The molecule has 0 heterocycles. The van der Waals surface area contributed by atoms with Gasteiger partial charge in [-0.15, -0.1) is 0 Å². The molecule has 0 fully saturated rings. The van der Waals surface area contributed by atoms with Crippen molar-refractivity contribution in [3.63, 3.8) is 0 Å². The standard InChI is InChI=1S/C18H20N2O6/c1-9(2)19-18(25)20-16(23)10(3)26-17(24)13-8-14(21)11-6-4-5-7-12(11)15(13)22/h4-10,21-22H,1-3H3,(H2,19,20,23,25)/t10-/m0/s1. The first-order valence-electron chi connectivity index (χ1n) is 7.96. The fourth-order valence-corrected chi connectivity index (χ4v) is 2.29. The van der Waals surface area contributed by atoms with Crippen molar-refractivity contribution in [2.24, 2.45) is 0 Å². The van der Waals surface area contributed by atoms with E-state index in [1.807, 2.05) is 5.32 Å². The molecular formula is C18H20N2O6. The predicted molar refractivity (Wildman–Crippen MR) is 94.0 cm³/mol. The summed E-state index contributed by atoms with van der Waals surface area (Å²) in [6.07, 6.45) is -1.28. The summed E-state index contributed by atoms with van der Waals surface area (Å²) in [6.45, 7) is 4.73. The van der Waals surface area contributed by atoms with Crippen LogP contribution in [-0.4, -0.2) is 40.3 Å². The van der Waals surface area contributed by atoms with Crippen LogP contribution in [0.5, 0.6) is 11.5 Å². The van der Waals surface area contributed by atoms with Crippen molar-refractivity contribution in [1.29, 1.82) is 0 Å². The Balaban J connectivity index is 2.14. The number of fused-ring (bicyclic) bond motifs is 1. The largest absolute Gasteiger partial charge is 0.507 e. The van der Waals surface area contributed by atoms with E-state index >= 15 is 0 Å². The Morgan fingerprint density at radius 3 is 2.27 bits per heavy atom. The lowest BCUT2D eigenvalue weighted by Crippen LogP contribution is -2.46.